The summed E-state index contributed by atoms with van der Waals surface area (Å²) in [6.45, 7) is -4.84. The number of hydrogen-bond donors (Lipinski definition) is 0. The predicted molar refractivity (Wildman–Crippen MR) is 43.7 cm³/mol. The second-order valence-corrected chi connectivity index (χ2v) is 2.59. The molecular weight excluding hydrogens is 182 g/mol. The summed E-state index contributed by atoms with van der Waals surface area (Å²) >= 11 is 0. The lowest BCUT2D eigenvalue weighted by atomic mass is 9.80. The highest BCUT2D eigenvalue weighted by Gasteiger charge is 2.25. The highest BCUT2D eigenvalue weighted by Crippen LogP contribution is 2.08. The molecule has 0 unspecified atom stereocenters. The third-order valence-corrected chi connectivity index (χ3v) is 1.51. The van der Waals surface area contributed by atoms with E-state index in [1.165, 1.54) is 7.11 Å². The molecule has 0 saturated heterocycles. The molecule has 0 atom stereocenters. The van der Waals surface area contributed by atoms with Gasteiger partial charge in [0, 0.05) is 13.3 Å². The van der Waals surface area contributed by atoms with E-state index in [4.69, 9.17) is 0 Å². The largest absolute Gasteiger partial charge is 0.509 e. The zero-order chi connectivity index (χ0) is 9.90. The predicted octanol–water partition coefficient (Wildman–Crippen LogP) is 1.28. The van der Waals surface area contributed by atoms with Gasteiger partial charge in [-0.05, 0) is 0 Å². The van der Waals surface area contributed by atoms with Gasteiger partial charge in [0.1, 0.15) is 0 Å². The first-order valence-electron chi connectivity index (χ1n) is 3.67. The summed E-state index contributed by atoms with van der Waals surface area (Å²) in [5, 5.41) is 0. The van der Waals surface area contributed by atoms with E-state index >= 15 is 0 Å². The Bertz CT molecular complexity index is 289. The average Bonchev–Trinajstić information content (AvgIpc) is 2.04. The van der Waals surface area contributed by atoms with Crippen LogP contribution < -0.4 is 5.46 Å². The van der Waals surface area contributed by atoms with Crippen molar-refractivity contribution in [3.63, 3.8) is 0 Å². The molecule has 0 aliphatic rings. The number of pyridine rings is 1. The standard InChI is InChI=1S/C7H8BF3NO/c1-13-5-7-4-6(2-3-12-7)8(9,10)11/h2-4H,5H2,1H3/q-1. The highest BCUT2D eigenvalue weighted by atomic mass is 19.4. The van der Waals surface area contributed by atoms with Crippen molar-refractivity contribution in [1.82, 2.24) is 4.98 Å². The minimum Gasteiger partial charge on any atom is -0.445 e. The Morgan fingerprint density at radius 2 is 2.15 bits per heavy atom. The number of rotatable bonds is 3. The van der Waals surface area contributed by atoms with Crippen molar-refractivity contribution in [1.29, 1.82) is 0 Å². The molecule has 0 radical (unpaired) electrons. The molecule has 72 valence electrons. The van der Waals surface area contributed by atoms with Crippen molar-refractivity contribution in [2.45, 2.75) is 6.61 Å². The third-order valence-electron chi connectivity index (χ3n) is 1.51. The number of ether oxygens (including phenoxy) is 1. The number of aromatic nitrogens is 1. The van der Waals surface area contributed by atoms with Gasteiger partial charge in [-0.1, -0.05) is 12.1 Å². The monoisotopic (exact) mass is 190 g/mol. The van der Waals surface area contributed by atoms with Gasteiger partial charge in [-0.15, -0.1) is 5.46 Å². The molecule has 0 aliphatic heterocycles. The van der Waals surface area contributed by atoms with Crippen molar-refractivity contribution in [3.05, 3.63) is 24.0 Å². The lowest BCUT2D eigenvalue weighted by molar-refractivity contribution is 0.181. The smallest absolute Gasteiger partial charge is 0.445 e. The number of hydrogen-bond acceptors (Lipinski definition) is 2. The van der Waals surface area contributed by atoms with Gasteiger partial charge < -0.3 is 17.7 Å². The van der Waals surface area contributed by atoms with Gasteiger partial charge in [0.2, 0.25) is 0 Å². The van der Waals surface area contributed by atoms with Crippen LogP contribution in [0.15, 0.2) is 18.3 Å². The van der Waals surface area contributed by atoms with E-state index in [0.717, 1.165) is 18.3 Å². The maximum absolute atomic E-state index is 12.2. The van der Waals surface area contributed by atoms with E-state index in [9.17, 15) is 12.9 Å². The highest BCUT2D eigenvalue weighted by molar-refractivity contribution is 6.73. The van der Waals surface area contributed by atoms with Crippen molar-refractivity contribution < 1.29 is 17.7 Å². The molecule has 1 rings (SSSR count). The zero-order valence-corrected chi connectivity index (χ0v) is 7.01. The van der Waals surface area contributed by atoms with Crippen LogP contribution in [0.25, 0.3) is 0 Å². The third kappa shape index (κ3) is 2.73. The fraction of sp³-hybridized carbons (Fsp3) is 0.286. The molecule has 0 fully saturated rings. The molecule has 0 N–H and O–H groups in total. The average molecular weight is 190 g/mol. The minimum absolute atomic E-state index is 0.0972. The molecule has 2 nitrogen and oxygen atoms in total. The Kier molecular flexibility index (Phi) is 2.92. The summed E-state index contributed by atoms with van der Waals surface area (Å²) in [5.74, 6) is 0. The van der Waals surface area contributed by atoms with Gasteiger partial charge in [-0.25, -0.2) is 0 Å². The molecule has 0 bridgehead atoms. The van der Waals surface area contributed by atoms with E-state index in [-0.39, 0.29) is 6.61 Å². The van der Waals surface area contributed by atoms with Crippen molar-refractivity contribution in [3.8, 4) is 0 Å². The van der Waals surface area contributed by atoms with Gasteiger partial charge in [0.25, 0.3) is 0 Å². The Hall–Kier alpha value is -1.04. The van der Waals surface area contributed by atoms with Crippen LogP contribution in [-0.2, 0) is 11.3 Å². The normalized spacial score (nSPS) is 11.7. The van der Waals surface area contributed by atoms with Crippen molar-refractivity contribution >= 4 is 12.4 Å². The molecule has 1 aromatic rings. The summed E-state index contributed by atoms with van der Waals surface area (Å²) < 4.78 is 41.3. The first kappa shape index (κ1) is 10.0. The van der Waals surface area contributed by atoms with Gasteiger partial charge in [-0.2, -0.15) is 0 Å². The molecule has 0 spiro atoms. The number of halogens is 3. The molecular formula is C7H8BF3NO-. The minimum atomic E-state index is -4.93. The summed E-state index contributed by atoms with van der Waals surface area (Å²) in [5.41, 5.74) is -0.346. The molecule has 0 saturated carbocycles. The molecule has 1 aromatic heterocycles. The molecule has 1 heterocycles. The van der Waals surface area contributed by atoms with Crippen LogP contribution in [0, 0.1) is 0 Å². The van der Waals surface area contributed by atoms with Crippen molar-refractivity contribution in [2.75, 3.05) is 7.11 Å². The quantitative estimate of drug-likeness (QED) is 0.669. The summed E-state index contributed by atoms with van der Waals surface area (Å²) in [4.78, 5) is 3.73. The maximum Gasteiger partial charge on any atom is 0.509 e. The van der Waals surface area contributed by atoms with Crippen LogP contribution in [0.3, 0.4) is 0 Å². The maximum atomic E-state index is 12.2. The van der Waals surface area contributed by atoms with Gasteiger partial charge in [0.05, 0.1) is 12.3 Å². The first-order valence-corrected chi connectivity index (χ1v) is 3.67. The zero-order valence-electron chi connectivity index (χ0n) is 7.01. The van der Waals surface area contributed by atoms with Gasteiger partial charge >= 0.3 is 6.98 Å². The van der Waals surface area contributed by atoms with E-state index in [2.05, 4.69) is 9.72 Å². The van der Waals surface area contributed by atoms with Crippen LogP contribution in [0.5, 0.6) is 0 Å². The van der Waals surface area contributed by atoms with Crippen LogP contribution in [0.4, 0.5) is 12.9 Å². The topological polar surface area (TPSA) is 22.1 Å². The number of nitrogens with zero attached hydrogens (tertiary/aromatic N) is 1. The Morgan fingerprint density at radius 1 is 1.46 bits per heavy atom. The van der Waals surface area contributed by atoms with Crippen molar-refractivity contribution in [2.24, 2.45) is 0 Å². The second-order valence-electron chi connectivity index (χ2n) is 2.59. The van der Waals surface area contributed by atoms with Gasteiger partial charge in [0.15, 0.2) is 0 Å². The van der Waals surface area contributed by atoms with Crippen LogP contribution in [-0.4, -0.2) is 19.1 Å². The Morgan fingerprint density at radius 3 is 2.69 bits per heavy atom. The van der Waals surface area contributed by atoms with Crippen LogP contribution >= 0.6 is 0 Å². The second kappa shape index (κ2) is 3.78. The van der Waals surface area contributed by atoms with E-state index < -0.39 is 12.4 Å². The summed E-state index contributed by atoms with van der Waals surface area (Å²) in [6, 6.07) is 1.96. The Balaban J connectivity index is 2.92. The lowest BCUT2D eigenvalue weighted by Gasteiger charge is -2.14. The molecule has 0 aromatic carbocycles. The van der Waals surface area contributed by atoms with Crippen LogP contribution in [0.1, 0.15) is 5.69 Å². The van der Waals surface area contributed by atoms with Crippen LogP contribution in [0.2, 0.25) is 0 Å². The molecule has 6 heteroatoms. The summed E-state index contributed by atoms with van der Waals surface area (Å²) in [7, 11) is 1.41. The lowest BCUT2D eigenvalue weighted by Crippen LogP contribution is -2.34. The molecule has 13 heavy (non-hydrogen) atoms. The molecule has 0 amide bonds. The van der Waals surface area contributed by atoms with E-state index in [1.54, 1.807) is 0 Å². The SMILES string of the molecule is COCc1cc([B-](F)(F)F)ccn1. The van der Waals surface area contributed by atoms with E-state index in [1.807, 2.05) is 0 Å². The van der Waals surface area contributed by atoms with Gasteiger partial charge in [-0.3, -0.25) is 4.98 Å². The molecule has 0 aliphatic carbocycles. The Labute approximate surface area is 73.8 Å². The number of methoxy groups -OCH3 is 1. The fourth-order valence-corrected chi connectivity index (χ4v) is 0.927. The van der Waals surface area contributed by atoms with E-state index in [0.29, 0.717) is 5.69 Å². The fourth-order valence-electron chi connectivity index (χ4n) is 0.927. The summed E-state index contributed by atoms with van der Waals surface area (Å²) in [6.07, 6.45) is 1.14. The first-order chi connectivity index (χ1) is 6.04.